The first-order valence-corrected chi connectivity index (χ1v) is 6.88. The molecule has 1 heterocycles. The fourth-order valence-electron chi connectivity index (χ4n) is 2.40. The Morgan fingerprint density at radius 2 is 1.90 bits per heavy atom. The van der Waals surface area contributed by atoms with Crippen LogP contribution < -0.4 is 5.32 Å². The molecule has 0 atom stereocenters. The minimum absolute atomic E-state index is 0.0539. The van der Waals surface area contributed by atoms with Gasteiger partial charge in [0, 0.05) is 24.6 Å². The zero-order valence-corrected chi connectivity index (χ0v) is 11.6. The highest BCUT2D eigenvalue weighted by atomic mass is 19.1. The van der Waals surface area contributed by atoms with E-state index >= 15 is 0 Å². The third kappa shape index (κ3) is 3.82. The highest BCUT2D eigenvalue weighted by Gasteiger charge is 2.27. The number of halogens is 1. The summed E-state index contributed by atoms with van der Waals surface area (Å²) in [5.41, 5.74) is 0.464. The monoisotopic (exact) mass is 288 g/mol. The van der Waals surface area contributed by atoms with Crippen molar-refractivity contribution < 1.29 is 14.0 Å². The summed E-state index contributed by atoms with van der Waals surface area (Å²) in [7, 11) is 0. The molecule has 2 amide bonds. The predicted octanol–water partition coefficient (Wildman–Crippen LogP) is 1.43. The largest absolute Gasteiger partial charge is 0.345 e. The summed E-state index contributed by atoms with van der Waals surface area (Å²) in [6, 6.07) is 5.49. The molecule has 0 spiro atoms. The molecule has 1 N–H and O–H groups in total. The predicted molar refractivity (Wildman–Crippen MR) is 76.9 cm³/mol. The van der Waals surface area contributed by atoms with E-state index in [0.717, 1.165) is 0 Å². The Kier molecular flexibility index (Phi) is 4.94. The van der Waals surface area contributed by atoms with E-state index in [0.29, 0.717) is 31.5 Å². The fourth-order valence-corrected chi connectivity index (χ4v) is 2.40. The van der Waals surface area contributed by atoms with Crippen LogP contribution in [0, 0.1) is 24.1 Å². The van der Waals surface area contributed by atoms with Crippen LogP contribution in [0.15, 0.2) is 24.3 Å². The van der Waals surface area contributed by atoms with Crippen molar-refractivity contribution in [3.8, 4) is 12.3 Å². The zero-order chi connectivity index (χ0) is 15.2. The van der Waals surface area contributed by atoms with Gasteiger partial charge in [0.2, 0.25) is 5.91 Å². The Morgan fingerprint density at radius 1 is 1.29 bits per heavy atom. The molecule has 4 nitrogen and oxygen atoms in total. The molecule has 1 aliphatic heterocycles. The van der Waals surface area contributed by atoms with Gasteiger partial charge in [0.15, 0.2) is 0 Å². The number of terminal acetylenes is 1. The van der Waals surface area contributed by atoms with Crippen LogP contribution in [-0.2, 0) is 4.79 Å². The first-order valence-electron chi connectivity index (χ1n) is 6.88. The van der Waals surface area contributed by atoms with Gasteiger partial charge in [-0.2, -0.15) is 0 Å². The molecule has 2 rings (SSSR count). The van der Waals surface area contributed by atoms with Crippen LogP contribution in [0.5, 0.6) is 0 Å². The Bertz CT molecular complexity index is 555. The first-order chi connectivity index (χ1) is 10.1. The lowest BCUT2D eigenvalue weighted by molar-refractivity contribution is -0.126. The van der Waals surface area contributed by atoms with E-state index in [4.69, 9.17) is 6.42 Å². The van der Waals surface area contributed by atoms with Gasteiger partial charge in [-0.1, -0.05) is 5.92 Å². The molecule has 0 radical (unpaired) electrons. The quantitative estimate of drug-likeness (QED) is 0.855. The molecule has 110 valence electrons. The molecule has 0 saturated carbocycles. The highest BCUT2D eigenvalue weighted by Crippen LogP contribution is 2.19. The maximum atomic E-state index is 12.9. The lowest BCUT2D eigenvalue weighted by Crippen LogP contribution is -2.43. The molecule has 1 fully saturated rings. The zero-order valence-electron chi connectivity index (χ0n) is 11.6. The number of nitrogens with one attached hydrogen (secondary N) is 1. The van der Waals surface area contributed by atoms with Crippen molar-refractivity contribution >= 4 is 11.8 Å². The molecule has 0 unspecified atom stereocenters. The van der Waals surface area contributed by atoms with Gasteiger partial charge in [-0.05, 0) is 37.1 Å². The molecule has 1 aromatic rings. The number of hydrogen-bond donors (Lipinski definition) is 1. The average Bonchev–Trinajstić information content (AvgIpc) is 2.53. The number of hydrogen-bond acceptors (Lipinski definition) is 2. The van der Waals surface area contributed by atoms with Crippen LogP contribution in [0.3, 0.4) is 0 Å². The number of likely N-dealkylation sites (tertiary alicyclic amines) is 1. The SMILES string of the molecule is C#CCNC(=O)C1CCN(C(=O)c2ccc(F)cc2)CC1. The Morgan fingerprint density at radius 3 is 2.48 bits per heavy atom. The fraction of sp³-hybridized carbons (Fsp3) is 0.375. The number of piperidine rings is 1. The molecule has 0 aliphatic carbocycles. The maximum Gasteiger partial charge on any atom is 0.253 e. The molecule has 1 aromatic carbocycles. The summed E-state index contributed by atoms with van der Waals surface area (Å²) in [6.45, 7) is 1.27. The Balaban J connectivity index is 1.89. The molecular weight excluding hydrogens is 271 g/mol. The molecule has 1 aliphatic rings. The second-order valence-electron chi connectivity index (χ2n) is 5.00. The normalized spacial score (nSPS) is 15.3. The lowest BCUT2D eigenvalue weighted by Gasteiger charge is -2.31. The van der Waals surface area contributed by atoms with Gasteiger partial charge in [-0.15, -0.1) is 6.42 Å². The van der Waals surface area contributed by atoms with Crippen LogP contribution in [0.1, 0.15) is 23.2 Å². The van der Waals surface area contributed by atoms with Crippen molar-refractivity contribution in [1.82, 2.24) is 10.2 Å². The Hall–Kier alpha value is -2.35. The minimum atomic E-state index is -0.365. The highest BCUT2D eigenvalue weighted by molar-refractivity contribution is 5.94. The summed E-state index contributed by atoms with van der Waals surface area (Å²) in [6.07, 6.45) is 6.33. The standard InChI is InChI=1S/C16H17FN2O2/c1-2-9-18-15(20)12-7-10-19(11-8-12)16(21)13-3-5-14(17)6-4-13/h1,3-6,12H,7-11H2,(H,18,20). The minimum Gasteiger partial charge on any atom is -0.345 e. The van der Waals surface area contributed by atoms with Crippen LogP contribution in [-0.4, -0.2) is 36.3 Å². The maximum absolute atomic E-state index is 12.9. The molecule has 0 bridgehead atoms. The molecule has 1 saturated heterocycles. The van der Waals surface area contributed by atoms with Crippen LogP contribution >= 0.6 is 0 Å². The second kappa shape index (κ2) is 6.89. The summed E-state index contributed by atoms with van der Waals surface area (Å²) >= 11 is 0. The number of amides is 2. The molecule has 5 heteroatoms. The van der Waals surface area contributed by atoms with Crippen molar-refractivity contribution in [1.29, 1.82) is 0 Å². The van der Waals surface area contributed by atoms with Crippen LogP contribution in [0.4, 0.5) is 4.39 Å². The Labute approximate surface area is 123 Å². The third-order valence-electron chi connectivity index (χ3n) is 3.61. The van der Waals surface area contributed by atoms with Gasteiger partial charge < -0.3 is 10.2 Å². The number of nitrogens with zero attached hydrogens (tertiary/aromatic N) is 1. The van der Waals surface area contributed by atoms with Gasteiger partial charge in [0.1, 0.15) is 5.82 Å². The van der Waals surface area contributed by atoms with Crippen LogP contribution in [0.25, 0.3) is 0 Å². The van der Waals surface area contributed by atoms with Crippen LogP contribution in [0.2, 0.25) is 0 Å². The van der Waals surface area contributed by atoms with E-state index in [9.17, 15) is 14.0 Å². The third-order valence-corrected chi connectivity index (χ3v) is 3.61. The van der Waals surface area contributed by atoms with Gasteiger partial charge >= 0.3 is 0 Å². The van der Waals surface area contributed by atoms with E-state index in [-0.39, 0.29) is 30.1 Å². The van der Waals surface area contributed by atoms with E-state index in [1.807, 2.05) is 0 Å². The number of carbonyl (C=O) groups is 2. The number of benzene rings is 1. The van der Waals surface area contributed by atoms with Crippen molar-refractivity contribution in [2.45, 2.75) is 12.8 Å². The van der Waals surface area contributed by atoms with E-state index < -0.39 is 0 Å². The molecule has 0 aromatic heterocycles. The summed E-state index contributed by atoms with van der Waals surface area (Å²) in [4.78, 5) is 25.7. The van der Waals surface area contributed by atoms with E-state index in [1.54, 1.807) is 4.90 Å². The van der Waals surface area contributed by atoms with Gasteiger partial charge in [0.05, 0.1) is 6.54 Å². The van der Waals surface area contributed by atoms with Crippen molar-refractivity contribution in [3.63, 3.8) is 0 Å². The van der Waals surface area contributed by atoms with Gasteiger partial charge in [-0.25, -0.2) is 4.39 Å². The summed E-state index contributed by atoms with van der Waals surface area (Å²) < 4.78 is 12.9. The summed E-state index contributed by atoms with van der Waals surface area (Å²) in [5, 5.41) is 2.66. The summed E-state index contributed by atoms with van der Waals surface area (Å²) in [5.74, 6) is 1.72. The molecular formula is C16H17FN2O2. The molecule has 21 heavy (non-hydrogen) atoms. The van der Waals surface area contributed by atoms with Crippen molar-refractivity contribution in [2.75, 3.05) is 19.6 Å². The van der Waals surface area contributed by atoms with Gasteiger partial charge in [0.25, 0.3) is 5.91 Å². The first kappa shape index (κ1) is 15.0. The average molecular weight is 288 g/mol. The number of rotatable bonds is 3. The lowest BCUT2D eigenvalue weighted by atomic mass is 9.95. The van der Waals surface area contributed by atoms with E-state index in [1.165, 1.54) is 24.3 Å². The van der Waals surface area contributed by atoms with E-state index in [2.05, 4.69) is 11.2 Å². The van der Waals surface area contributed by atoms with Gasteiger partial charge in [-0.3, -0.25) is 9.59 Å². The number of carbonyl (C=O) groups excluding carboxylic acids is 2. The topological polar surface area (TPSA) is 49.4 Å². The van der Waals surface area contributed by atoms with Crippen molar-refractivity contribution in [3.05, 3.63) is 35.6 Å². The van der Waals surface area contributed by atoms with Crippen molar-refractivity contribution in [2.24, 2.45) is 5.92 Å². The smallest absolute Gasteiger partial charge is 0.253 e. The second-order valence-corrected chi connectivity index (χ2v) is 5.00.